The van der Waals surface area contributed by atoms with Crippen LogP contribution in [0.15, 0.2) is 108 Å². The maximum absolute atomic E-state index is 7.35. The summed E-state index contributed by atoms with van der Waals surface area (Å²) in [5.74, 6) is 0.772. The van der Waals surface area contributed by atoms with Gasteiger partial charge in [0.15, 0.2) is 0 Å². The third kappa shape index (κ3) is 6.39. The molecule has 0 saturated heterocycles. The first-order valence-corrected chi connectivity index (χ1v) is 19.0. The van der Waals surface area contributed by atoms with Gasteiger partial charge < -0.3 is 14.0 Å². The van der Waals surface area contributed by atoms with Crippen molar-refractivity contribution in [1.82, 2.24) is 24.5 Å². The van der Waals surface area contributed by atoms with Crippen LogP contribution in [-0.4, -0.2) is 32.6 Å². The van der Waals surface area contributed by atoms with Gasteiger partial charge >= 0.3 is 0 Å². The van der Waals surface area contributed by atoms with Gasteiger partial charge in [-0.3, -0.25) is 9.97 Å². The molecule has 0 atom stereocenters. The van der Waals surface area contributed by atoms with Crippen molar-refractivity contribution in [1.29, 1.82) is 0 Å². The fraction of sp³-hybridized carbons (Fsp3) is 0.150. The summed E-state index contributed by atoms with van der Waals surface area (Å²) in [5.41, 5.74) is 8.85. The molecule has 0 bridgehead atoms. The van der Waals surface area contributed by atoms with Crippen LogP contribution in [0.5, 0.6) is 0 Å². The van der Waals surface area contributed by atoms with E-state index in [2.05, 4.69) is 75.6 Å². The average Bonchev–Trinajstić information content (AvgIpc) is 3.67. The Kier molecular flexibility index (Phi) is 8.20. The van der Waals surface area contributed by atoms with E-state index in [1.807, 2.05) is 68.6 Å². The van der Waals surface area contributed by atoms with Crippen LogP contribution in [0.4, 0.5) is 0 Å². The first kappa shape index (κ1) is 29.4. The number of hydrogen-bond donors (Lipinski definition) is 0. The second-order valence-electron chi connectivity index (χ2n) is 12.5. The van der Waals surface area contributed by atoms with Gasteiger partial charge in [0, 0.05) is 53.4 Å². The number of hydrogen-bond acceptors (Lipinski definition) is 5. The summed E-state index contributed by atoms with van der Waals surface area (Å²) in [7, 11) is -1.34. The Morgan fingerprint density at radius 1 is 0.833 bits per heavy atom. The predicted octanol–water partition coefficient (Wildman–Crippen LogP) is 9.20. The second kappa shape index (κ2) is 13.4. The summed E-state index contributed by atoms with van der Waals surface area (Å²) in [5, 5.41) is 3.30. The van der Waals surface area contributed by atoms with E-state index in [-0.39, 0.29) is 20.1 Å². The van der Waals surface area contributed by atoms with E-state index < -0.39 is 14.9 Å². The summed E-state index contributed by atoms with van der Waals surface area (Å²) < 4.78 is 30.4. The van der Waals surface area contributed by atoms with Crippen molar-refractivity contribution in [3.8, 4) is 28.3 Å². The van der Waals surface area contributed by atoms with Crippen LogP contribution in [0.2, 0.25) is 19.6 Å². The molecule has 0 amide bonds. The Bertz CT molecular complexity index is 2420. The van der Waals surface area contributed by atoms with Gasteiger partial charge in [-0.15, -0.1) is 53.6 Å². The van der Waals surface area contributed by atoms with Crippen LogP contribution in [0.3, 0.4) is 0 Å². The zero-order valence-corrected chi connectivity index (χ0v) is 30.7. The molecule has 8 aromatic rings. The number of furan rings is 1. The molecule has 5 heterocycles. The van der Waals surface area contributed by atoms with Gasteiger partial charge in [0.1, 0.15) is 0 Å². The van der Waals surface area contributed by atoms with Gasteiger partial charge in [0.25, 0.3) is 0 Å². The molecule has 0 N–H and O–H groups in total. The van der Waals surface area contributed by atoms with Crippen LogP contribution < -0.4 is 5.19 Å². The van der Waals surface area contributed by atoms with E-state index in [1.54, 1.807) is 18.3 Å². The fourth-order valence-electron chi connectivity index (χ4n) is 5.64. The Morgan fingerprint density at radius 2 is 1.67 bits per heavy atom. The van der Waals surface area contributed by atoms with Crippen molar-refractivity contribution in [3.63, 3.8) is 0 Å². The quantitative estimate of drug-likeness (QED) is 0.131. The van der Waals surface area contributed by atoms with E-state index in [1.165, 1.54) is 11.3 Å². The average molecular weight is 825 g/mol. The first-order valence-electron chi connectivity index (χ1n) is 17.0. The molecule has 0 unspecified atom stereocenters. The molecule has 8 rings (SSSR count). The third-order valence-electron chi connectivity index (χ3n) is 8.14. The molecule has 5 aromatic heterocycles. The van der Waals surface area contributed by atoms with E-state index in [0.717, 1.165) is 67.1 Å². The zero-order valence-electron chi connectivity index (χ0n) is 30.3. The number of pyridine rings is 3. The smallest absolute Gasteiger partial charge is 0.216 e. The molecule has 0 aliphatic carbocycles. The molecule has 6 nitrogen and oxygen atoms in total. The molecule has 0 fully saturated rings. The fourth-order valence-corrected chi connectivity index (χ4v) is 6.67. The summed E-state index contributed by atoms with van der Waals surface area (Å²) >= 11 is 0. The molecule has 8 heteroatoms. The number of benzene rings is 3. The van der Waals surface area contributed by atoms with Crippen LogP contribution in [0.1, 0.15) is 21.1 Å². The maximum Gasteiger partial charge on any atom is 0.216 e. The number of para-hydroxylation sites is 1. The Balaban J connectivity index is 0.000000188. The van der Waals surface area contributed by atoms with E-state index in [0.29, 0.717) is 11.3 Å². The van der Waals surface area contributed by atoms with Gasteiger partial charge in [-0.05, 0) is 55.1 Å². The molecule has 0 saturated carbocycles. The largest absolute Gasteiger partial charge is 0.486 e. The molecule has 241 valence electrons. The molecule has 0 spiro atoms. The summed E-state index contributed by atoms with van der Waals surface area (Å²) in [6.45, 7) is 8.72. The number of imidazole rings is 1. The van der Waals surface area contributed by atoms with Crippen molar-refractivity contribution >= 4 is 46.4 Å². The monoisotopic (exact) mass is 825 g/mol. The minimum absolute atomic E-state index is 0. The Labute approximate surface area is 299 Å². The van der Waals surface area contributed by atoms with E-state index in [4.69, 9.17) is 13.5 Å². The maximum atomic E-state index is 7.35. The number of rotatable bonds is 4. The molecular formula is C40H35IrN5OSi-2. The normalized spacial score (nSPS) is 12.6. The number of aryl methyl sites for hydroxylation is 3. The van der Waals surface area contributed by atoms with Crippen LogP contribution in [-0.2, 0) is 20.1 Å². The molecule has 3 aromatic carbocycles. The zero-order chi connectivity index (χ0) is 35.2. The standard InChI is InChI=1S/C25H17N4O.C15H18NSi.Ir/c1-15-11-12-19-18-9-6-10-20(23(18)30-25(19)27-15)24-28-21-13-14-26-16(2)22(21)29(24)17-7-4-3-5-8-17;1-12-5-7-13(8-6-12)15-10-9-14(11-16-15)17(2,3)4;/h3-9,11-14H,1-2H3;5-7,9-11H,1-4H3;/q2*-1;/i;1D3;. The predicted molar refractivity (Wildman–Crippen MR) is 194 cm³/mol. The van der Waals surface area contributed by atoms with Gasteiger partial charge in [0.05, 0.1) is 36.2 Å². The first-order chi connectivity index (χ1) is 23.9. The van der Waals surface area contributed by atoms with Crippen molar-refractivity contribution in [2.24, 2.45) is 0 Å². The minimum atomic E-state index is -2.08. The van der Waals surface area contributed by atoms with Crippen molar-refractivity contribution in [3.05, 3.63) is 132 Å². The second-order valence-corrected chi connectivity index (χ2v) is 17.6. The number of aromatic nitrogens is 5. The molecule has 0 aliphatic heterocycles. The van der Waals surface area contributed by atoms with Crippen LogP contribution >= 0.6 is 0 Å². The van der Waals surface area contributed by atoms with Crippen LogP contribution in [0.25, 0.3) is 61.4 Å². The molecule has 0 aliphatic rings. The van der Waals surface area contributed by atoms with Gasteiger partial charge in [-0.2, -0.15) is 0 Å². The number of fused-ring (bicyclic) bond motifs is 4. The van der Waals surface area contributed by atoms with Gasteiger partial charge in [0.2, 0.25) is 5.71 Å². The Hall–Kier alpha value is -4.75. The van der Waals surface area contributed by atoms with Crippen molar-refractivity contribution in [2.45, 2.75) is 40.3 Å². The van der Waals surface area contributed by atoms with E-state index >= 15 is 0 Å². The summed E-state index contributed by atoms with van der Waals surface area (Å²) in [4.78, 5) is 18.5. The summed E-state index contributed by atoms with van der Waals surface area (Å²) in [6.07, 6.45) is 3.72. The van der Waals surface area contributed by atoms with E-state index in [9.17, 15) is 0 Å². The number of nitrogens with zero attached hydrogens (tertiary/aromatic N) is 5. The van der Waals surface area contributed by atoms with Gasteiger partial charge in [-0.1, -0.05) is 67.8 Å². The topological polar surface area (TPSA) is 69.6 Å². The molecule has 48 heavy (non-hydrogen) atoms. The third-order valence-corrected chi connectivity index (χ3v) is 10.2. The Morgan fingerprint density at radius 3 is 2.38 bits per heavy atom. The van der Waals surface area contributed by atoms with Gasteiger partial charge in [-0.25, -0.2) is 4.98 Å². The molecular weight excluding hydrogens is 787 g/mol. The minimum Gasteiger partial charge on any atom is -0.486 e. The van der Waals surface area contributed by atoms with Crippen molar-refractivity contribution < 1.29 is 28.6 Å². The van der Waals surface area contributed by atoms with Crippen molar-refractivity contribution in [2.75, 3.05) is 0 Å². The summed E-state index contributed by atoms with van der Waals surface area (Å²) in [6, 6.07) is 35.5. The van der Waals surface area contributed by atoms with Crippen LogP contribution in [0, 0.1) is 32.8 Å². The SMILES string of the molecule is Cc1ccc2c(n1)oc1c(-c3nc4ccnc(C)c4n3-c3ccccc3)[c-]ccc12.[2H]C([2H])([2H])c1c[c-]c(-c2ccc([Si](C)(C)C)cn2)cc1.[Ir]. The molecule has 1 radical (unpaired) electrons.